The first kappa shape index (κ1) is 12.5. The number of rotatable bonds is 2. The second-order valence-electron chi connectivity index (χ2n) is 4.16. The van der Waals surface area contributed by atoms with E-state index in [1.54, 1.807) is 0 Å². The van der Waals surface area contributed by atoms with Crippen molar-refractivity contribution in [3.8, 4) is 0 Å². The summed E-state index contributed by atoms with van der Waals surface area (Å²) in [5.74, 6) is -0.0778. The van der Waals surface area contributed by atoms with E-state index in [1.165, 1.54) is 11.3 Å². The van der Waals surface area contributed by atoms with Gasteiger partial charge in [0.15, 0.2) is 5.13 Å². The topological polar surface area (TPSA) is 63.2 Å². The SMILES string of the molecule is Cc1nc(NC(=O)[C@H]2NCCO[C@@H]2C)sc1C. The van der Waals surface area contributed by atoms with E-state index in [2.05, 4.69) is 15.6 Å². The van der Waals surface area contributed by atoms with E-state index in [4.69, 9.17) is 4.74 Å². The molecular formula is C11H17N3O2S. The van der Waals surface area contributed by atoms with E-state index in [1.807, 2.05) is 20.8 Å². The summed E-state index contributed by atoms with van der Waals surface area (Å²) in [6, 6.07) is -0.298. The summed E-state index contributed by atoms with van der Waals surface area (Å²) < 4.78 is 5.44. The lowest BCUT2D eigenvalue weighted by Gasteiger charge is -2.28. The zero-order valence-corrected chi connectivity index (χ0v) is 11.1. The second kappa shape index (κ2) is 5.12. The van der Waals surface area contributed by atoms with Crippen molar-refractivity contribution in [2.75, 3.05) is 18.5 Å². The molecule has 6 heteroatoms. The Hall–Kier alpha value is -0.980. The Kier molecular flexibility index (Phi) is 3.76. The van der Waals surface area contributed by atoms with Gasteiger partial charge in [0.1, 0.15) is 6.04 Å². The molecule has 2 atom stereocenters. The first-order valence-corrected chi connectivity index (χ1v) is 6.49. The second-order valence-corrected chi connectivity index (χ2v) is 5.36. The lowest BCUT2D eigenvalue weighted by Crippen LogP contribution is -2.53. The van der Waals surface area contributed by atoms with Crippen LogP contribution < -0.4 is 10.6 Å². The molecule has 0 bridgehead atoms. The molecule has 0 aromatic carbocycles. The summed E-state index contributed by atoms with van der Waals surface area (Å²) in [5.41, 5.74) is 0.964. The first-order chi connectivity index (χ1) is 8.08. The van der Waals surface area contributed by atoms with Gasteiger partial charge in [-0.05, 0) is 20.8 Å². The van der Waals surface area contributed by atoms with E-state index in [0.29, 0.717) is 18.3 Å². The quantitative estimate of drug-likeness (QED) is 0.830. The Morgan fingerprint density at radius 3 is 2.94 bits per heavy atom. The van der Waals surface area contributed by atoms with Crippen molar-refractivity contribution in [3.63, 3.8) is 0 Å². The number of amides is 1. The van der Waals surface area contributed by atoms with Crippen molar-refractivity contribution in [3.05, 3.63) is 10.6 Å². The molecule has 94 valence electrons. The maximum Gasteiger partial charge on any atom is 0.245 e. The number of morpholine rings is 1. The number of thiazole rings is 1. The van der Waals surface area contributed by atoms with Gasteiger partial charge in [0.25, 0.3) is 0 Å². The number of carbonyl (C=O) groups excluding carboxylic acids is 1. The van der Waals surface area contributed by atoms with Gasteiger partial charge in [0.2, 0.25) is 5.91 Å². The van der Waals surface area contributed by atoms with Crippen LogP contribution in [0.2, 0.25) is 0 Å². The van der Waals surface area contributed by atoms with E-state index in [9.17, 15) is 4.79 Å². The molecule has 1 fully saturated rings. The summed E-state index contributed by atoms with van der Waals surface area (Å²) >= 11 is 1.50. The molecule has 5 nitrogen and oxygen atoms in total. The minimum Gasteiger partial charge on any atom is -0.375 e. The van der Waals surface area contributed by atoms with Crippen LogP contribution in [0, 0.1) is 13.8 Å². The van der Waals surface area contributed by atoms with Crippen molar-refractivity contribution >= 4 is 22.4 Å². The minimum absolute atomic E-state index is 0.0778. The van der Waals surface area contributed by atoms with Crippen LogP contribution in [0.5, 0.6) is 0 Å². The summed E-state index contributed by atoms with van der Waals surface area (Å²) in [6.07, 6.45) is -0.106. The van der Waals surface area contributed by atoms with E-state index >= 15 is 0 Å². The minimum atomic E-state index is -0.298. The fourth-order valence-electron chi connectivity index (χ4n) is 1.74. The van der Waals surface area contributed by atoms with Crippen molar-refractivity contribution in [1.29, 1.82) is 0 Å². The van der Waals surface area contributed by atoms with Crippen LogP contribution in [0.4, 0.5) is 5.13 Å². The van der Waals surface area contributed by atoms with Gasteiger partial charge < -0.3 is 15.4 Å². The first-order valence-electron chi connectivity index (χ1n) is 5.68. The van der Waals surface area contributed by atoms with Gasteiger partial charge in [0, 0.05) is 11.4 Å². The molecule has 1 aliphatic heterocycles. The molecule has 0 aliphatic carbocycles. The van der Waals surface area contributed by atoms with Crippen LogP contribution in [0.1, 0.15) is 17.5 Å². The van der Waals surface area contributed by atoms with Gasteiger partial charge in [-0.1, -0.05) is 0 Å². The Morgan fingerprint density at radius 2 is 2.35 bits per heavy atom. The van der Waals surface area contributed by atoms with Gasteiger partial charge in [-0.3, -0.25) is 4.79 Å². The highest BCUT2D eigenvalue weighted by Crippen LogP contribution is 2.21. The number of nitrogens with one attached hydrogen (secondary N) is 2. The fourth-order valence-corrected chi connectivity index (χ4v) is 2.55. The zero-order chi connectivity index (χ0) is 12.4. The highest BCUT2D eigenvalue weighted by atomic mass is 32.1. The van der Waals surface area contributed by atoms with Crippen LogP contribution in [0.25, 0.3) is 0 Å². The molecule has 2 rings (SSSR count). The largest absolute Gasteiger partial charge is 0.375 e. The number of aromatic nitrogens is 1. The normalized spacial score (nSPS) is 24.6. The molecular weight excluding hydrogens is 238 g/mol. The highest BCUT2D eigenvalue weighted by molar-refractivity contribution is 7.15. The Labute approximate surface area is 105 Å². The summed E-state index contributed by atoms with van der Waals surface area (Å²) in [4.78, 5) is 17.4. The predicted octanol–water partition coefficient (Wildman–Crippen LogP) is 1.08. The van der Waals surface area contributed by atoms with Crippen molar-refractivity contribution in [1.82, 2.24) is 10.3 Å². The molecule has 0 spiro atoms. The molecule has 0 unspecified atom stereocenters. The number of hydrogen-bond acceptors (Lipinski definition) is 5. The van der Waals surface area contributed by atoms with Crippen LogP contribution in [0.15, 0.2) is 0 Å². The van der Waals surface area contributed by atoms with Gasteiger partial charge in [0.05, 0.1) is 18.4 Å². The van der Waals surface area contributed by atoms with E-state index in [-0.39, 0.29) is 18.1 Å². The molecule has 1 aromatic rings. The number of aryl methyl sites for hydroxylation is 2. The smallest absolute Gasteiger partial charge is 0.245 e. The van der Waals surface area contributed by atoms with Gasteiger partial charge in [-0.2, -0.15) is 0 Å². The number of hydrogen-bond donors (Lipinski definition) is 2. The van der Waals surface area contributed by atoms with Crippen molar-refractivity contribution in [2.24, 2.45) is 0 Å². The van der Waals surface area contributed by atoms with Gasteiger partial charge >= 0.3 is 0 Å². The van der Waals surface area contributed by atoms with Crippen LogP contribution >= 0.6 is 11.3 Å². The van der Waals surface area contributed by atoms with Gasteiger partial charge in [-0.25, -0.2) is 4.98 Å². The molecule has 17 heavy (non-hydrogen) atoms. The summed E-state index contributed by atoms with van der Waals surface area (Å²) in [6.45, 7) is 7.19. The average molecular weight is 255 g/mol. The van der Waals surface area contributed by atoms with Crippen LogP contribution in [-0.4, -0.2) is 36.2 Å². The third-order valence-electron chi connectivity index (χ3n) is 2.86. The van der Waals surface area contributed by atoms with Crippen LogP contribution in [-0.2, 0) is 9.53 Å². The van der Waals surface area contributed by atoms with Gasteiger partial charge in [-0.15, -0.1) is 11.3 Å². The van der Waals surface area contributed by atoms with Crippen molar-refractivity contribution < 1.29 is 9.53 Å². The van der Waals surface area contributed by atoms with Crippen LogP contribution in [0.3, 0.4) is 0 Å². The third-order valence-corrected chi connectivity index (χ3v) is 3.85. The summed E-state index contributed by atoms with van der Waals surface area (Å²) in [5, 5.41) is 6.64. The molecule has 1 amide bonds. The molecule has 2 N–H and O–H groups in total. The average Bonchev–Trinajstić information content (AvgIpc) is 2.58. The number of anilines is 1. The molecule has 1 aromatic heterocycles. The lowest BCUT2D eigenvalue weighted by atomic mass is 10.1. The highest BCUT2D eigenvalue weighted by Gasteiger charge is 2.28. The molecule has 0 radical (unpaired) electrons. The maximum absolute atomic E-state index is 12.0. The molecule has 0 saturated carbocycles. The molecule has 2 heterocycles. The molecule has 1 aliphatic rings. The zero-order valence-electron chi connectivity index (χ0n) is 10.2. The number of ether oxygens (including phenoxy) is 1. The number of nitrogens with zero attached hydrogens (tertiary/aromatic N) is 1. The summed E-state index contributed by atoms with van der Waals surface area (Å²) in [7, 11) is 0. The predicted molar refractivity (Wildman–Crippen MR) is 67.4 cm³/mol. The standard InChI is InChI=1S/C11H17N3O2S/c1-6-8(3)17-11(13-6)14-10(15)9-7(2)16-5-4-12-9/h7,9,12H,4-5H2,1-3H3,(H,13,14,15)/t7-,9+/m1/s1. The maximum atomic E-state index is 12.0. The van der Waals surface area contributed by atoms with E-state index in [0.717, 1.165) is 10.6 Å². The Balaban J connectivity index is 2.00. The van der Waals surface area contributed by atoms with E-state index < -0.39 is 0 Å². The van der Waals surface area contributed by atoms with Crippen molar-refractivity contribution in [2.45, 2.75) is 32.9 Å². The Morgan fingerprint density at radius 1 is 1.59 bits per heavy atom. The third kappa shape index (κ3) is 2.83. The Bertz CT molecular complexity index is 399. The molecule has 1 saturated heterocycles. The fraction of sp³-hybridized carbons (Fsp3) is 0.636. The lowest BCUT2D eigenvalue weighted by molar-refractivity contribution is -0.123. The monoisotopic (exact) mass is 255 g/mol. The number of carbonyl (C=O) groups is 1.